The third-order valence-corrected chi connectivity index (χ3v) is 14.0. The molecule has 0 bridgehead atoms. The molecular weight excluding hydrogens is 801 g/mol. The van der Waals surface area contributed by atoms with Crippen LogP contribution >= 0.6 is 0 Å². The highest BCUT2D eigenvalue weighted by atomic mass is 16.7. The van der Waals surface area contributed by atoms with Crippen LogP contribution in [0.1, 0.15) is 107 Å². The van der Waals surface area contributed by atoms with Crippen molar-refractivity contribution in [2.45, 2.75) is 192 Å². The highest BCUT2D eigenvalue weighted by molar-refractivity contribution is 5.88. The fraction of sp³-hybridized carbons (Fsp3) is 0.830. The third-order valence-electron chi connectivity index (χ3n) is 14.0. The van der Waals surface area contributed by atoms with Crippen molar-refractivity contribution in [3.05, 3.63) is 35.9 Å². The number of rotatable bonds is 13. The molecule has 3 aliphatic heterocycles. The molecule has 62 heavy (non-hydrogen) atoms. The maximum atomic E-state index is 14.5. The standard InChI is InChI=1S/C47H80N2O13/c1-15-35-47(10,54)40(51)29(4)37(48-57-23-19-22-33-20-17-16-18-21-33)27(2)25-46(9,56-14)42(62-44-38(50)34(49(11)12)24-28(3)58-44)30(5)39(31(6)43(53)60-35)61-36-26-45(8,55-13)41(52)32(7)59-36/h16-18,20-21,27-32,34-36,38-42,44,50-52,54H,15,19,22-26H2,1-14H3/b48-37-/t27-,28-,29+,30+,31-,32+,34+,35-,36+,38-,39+,40-,41+,42-,44+,45-,46-,47-/m1/s1. The number of aryl methyl sites for hydroxylation is 1. The minimum absolute atomic E-state index is 0.137. The van der Waals surface area contributed by atoms with Gasteiger partial charge < -0.3 is 63.3 Å². The van der Waals surface area contributed by atoms with E-state index in [-0.39, 0.29) is 31.4 Å². The second-order valence-corrected chi connectivity index (χ2v) is 19.2. The number of ether oxygens (including phenoxy) is 7. The Balaban J connectivity index is 1.85. The molecule has 1 aromatic rings. The van der Waals surface area contributed by atoms with Crippen LogP contribution in [0, 0.1) is 23.7 Å². The van der Waals surface area contributed by atoms with Gasteiger partial charge in [0.15, 0.2) is 12.6 Å². The number of carbonyl (C=O) groups excluding carboxylic acids is 1. The molecule has 15 heteroatoms. The fourth-order valence-electron chi connectivity index (χ4n) is 9.87. The number of methoxy groups -OCH3 is 2. The van der Waals surface area contributed by atoms with E-state index in [1.54, 1.807) is 41.7 Å². The number of hydrogen-bond donors (Lipinski definition) is 4. The van der Waals surface area contributed by atoms with Crippen LogP contribution in [0.4, 0.5) is 0 Å². The zero-order chi connectivity index (χ0) is 46.3. The molecule has 0 aliphatic carbocycles. The summed E-state index contributed by atoms with van der Waals surface area (Å²) in [5.41, 5.74) is -2.48. The van der Waals surface area contributed by atoms with Crippen LogP contribution in [0.3, 0.4) is 0 Å². The number of aliphatic hydroxyl groups is 4. The van der Waals surface area contributed by atoms with Gasteiger partial charge in [-0.15, -0.1) is 0 Å². The first-order valence-corrected chi connectivity index (χ1v) is 22.6. The normalized spacial score (nSPS) is 43.6. The topological polar surface area (TPSA) is 187 Å². The molecule has 0 spiro atoms. The third kappa shape index (κ3) is 12.1. The maximum absolute atomic E-state index is 14.5. The predicted octanol–water partition coefficient (Wildman–Crippen LogP) is 4.88. The lowest BCUT2D eigenvalue weighted by Gasteiger charge is -2.50. The SMILES string of the molecule is CC[C@H]1OC(=O)[C@H](C)[C@@H](O[C@H]2C[C@@](C)(OC)[C@@H](O)[C@H](C)O2)[C@H](C)[C@@H](O[C@@H]2O[C@H](C)C[C@H](N(C)C)[C@H]2O)[C@](C)(OC)C[C@@H](C)/C(=N/OCCCc2ccccc2)[C@H](C)[C@@H](O)[C@]1(C)O. The van der Waals surface area contributed by atoms with Crippen molar-refractivity contribution < 1.29 is 63.2 Å². The van der Waals surface area contributed by atoms with Crippen molar-refractivity contribution >= 4 is 11.7 Å². The van der Waals surface area contributed by atoms with E-state index in [9.17, 15) is 25.2 Å². The van der Waals surface area contributed by atoms with Crippen LogP contribution in [-0.4, -0.2) is 156 Å². The molecule has 3 saturated heterocycles. The van der Waals surface area contributed by atoms with Crippen molar-refractivity contribution in [2.75, 3.05) is 34.9 Å². The van der Waals surface area contributed by atoms with Gasteiger partial charge in [-0.3, -0.25) is 4.79 Å². The first-order chi connectivity index (χ1) is 29.0. The van der Waals surface area contributed by atoms with E-state index in [2.05, 4.69) is 17.3 Å². The van der Waals surface area contributed by atoms with Crippen LogP contribution in [0.25, 0.3) is 0 Å². The number of benzene rings is 1. The van der Waals surface area contributed by atoms with Gasteiger partial charge in [-0.1, -0.05) is 63.2 Å². The fourth-order valence-corrected chi connectivity index (χ4v) is 9.87. The van der Waals surface area contributed by atoms with Gasteiger partial charge >= 0.3 is 5.97 Å². The van der Waals surface area contributed by atoms with Crippen molar-refractivity contribution in [3.63, 3.8) is 0 Å². The highest BCUT2D eigenvalue weighted by Gasteiger charge is 2.54. The molecule has 0 saturated carbocycles. The maximum Gasteiger partial charge on any atom is 0.311 e. The highest BCUT2D eigenvalue weighted by Crippen LogP contribution is 2.42. The van der Waals surface area contributed by atoms with E-state index >= 15 is 0 Å². The summed E-state index contributed by atoms with van der Waals surface area (Å²) in [6, 6.07) is 9.82. The Bertz CT molecular complexity index is 1570. The lowest BCUT2D eigenvalue weighted by molar-refractivity contribution is -0.319. The van der Waals surface area contributed by atoms with Crippen LogP contribution in [-0.2, 0) is 49.2 Å². The van der Waals surface area contributed by atoms with Crippen LogP contribution in [0.2, 0.25) is 0 Å². The molecule has 1 aromatic carbocycles. The van der Waals surface area contributed by atoms with Gasteiger partial charge in [0.05, 0.1) is 53.4 Å². The summed E-state index contributed by atoms with van der Waals surface area (Å²) in [6.45, 7) is 18.3. The molecule has 356 valence electrons. The molecule has 18 atom stereocenters. The smallest absolute Gasteiger partial charge is 0.311 e. The zero-order valence-electron chi connectivity index (χ0n) is 39.9. The van der Waals surface area contributed by atoms with E-state index in [4.69, 9.17) is 38.0 Å². The van der Waals surface area contributed by atoms with Gasteiger partial charge in [-0.25, -0.2) is 0 Å². The summed E-state index contributed by atoms with van der Waals surface area (Å²) in [5, 5.41) is 51.7. The van der Waals surface area contributed by atoms with Gasteiger partial charge in [0.2, 0.25) is 0 Å². The number of likely N-dealkylation sites (N-methyl/N-ethyl adjacent to an activating group) is 1. The number of aliphatic hydroxyl groups excluding tert-OH is 3. The number of carbonyl (C=O) groups is 1. The van der Waals surface area contributed by atoms with Crippen LogP contribution < -0.4 is 0 Å². The van der Waals surface area contributed by atoms with Crippen molar-refractivity contribution in [2.24, 2.45) is 28.8 Å². The van der Waals surface area contributed by atoms with E-state index in [1.165, 1.54) is 19.6 Å². The lowest BCUT2D eigenvalue weighted by atomic mass is 9.73. The van der Waals surface area contributed by atoms with Gasteiger partial charge in [-0.2, -0.15) is 0 Å². The minimum Gasteiger partial charge on any atom is -0.459 e. The molecule has 3 fully saturated rings. The number of hydrogen-bond acceptors (Lipinski definition) is 15. The summed E-state index contributed by atoms with van der Waals surface area (Å²) in [6.07, 6.45) is -6.80. The molecule has 0 aromatic heterocycles. The molecule has 4 rings (SSSR count). The summed E-state index contributed by atoms with van der Waals surface area (Å²) in [5.74, 6) is -3.57. The van der Waals surface area contributed by atoms with Crippen molar-refractivity contribution in [1.29, 1.82) is 0 Å². The van der Waals surface area contributed by atoms with E-state index in [0.717, 1.165) is 6.42 Å². The molecule has 0 unspecified atom stereocenters. The Hall–Kier alpha value is -2.28. The molecule has 3 heterocycles. The summed E-state index contributed by atoms with van der Waals surface area (Å²) < 4.78 is 44.9. The number of nitrogens with zero attached hydrogens (tertiary/aromatic N) is 2. The van der Waals surface area contributed by atoms with Crippen LogP contribution in [0.15, 0.2) is 35.5 Å². The van der Waals surface area contributed by atoms with E-state index < -0.39 is 102 Å². The van der Waals surface area contributed by atoms with Gasteiger partial charge in [0.25, 0.3) is 0 Å². The summed E-state index contributed by atoms with van der Waals surface area (Å²) >= 11 is 0. The predicted molar refractivity (Wildman–Crippen MR) is 234 cm³/mol. The average Bonchev–Trinajstić information content (AvgIpc) is 3.23. The van der Waals surface area contributed by atoms with Crippen molar-refractivity contribution in [3.8, 4) is 0 Å². The Labute approximate surface area is 370 Å². The van der Waals surface area contributed by atoms with Gasteiger partial charge in [-0.05, 0) is 93.3 Å². The van der Waals surface area contributed by atoms with Crippen LogP contribution in [0.5, 0.6) is 0 Å². The Kier molecular flexibility index (Phi) is 18.8. The Morgan fingerprint density at radius 1 is 0.871 bits per heavy atom. The first-order valence-electron chi connectivity index (χ1n) is 22.6. The largest absolute Gasteiger partial charge is 0.459 e. The minimum atomic E-state index is -1.91. The lowest BCUT2D eigenvalue weighted by Crippen LogP contribution is -2.61. The molecule has 0 radical (unpaired) electrons. The molecule has 3 aliphatic rings. The zero-order valence-corrected chi connectivity index (χ0v) is 39.9. The second kappa shape index (κ2) is 22.3. The molecule has 4 N–H and O–H groups in total. The number of cyclic esters (lactones) is 1. The van der Waals surface area contributed by atoms with Gasteiger partial charge in [0.1, 0.15) is 30.5 Å². The summed E-state index contributed by atoms with van der Waals surface area (Å²) in [4.78, 5) is 22.5. The molecule has 15 nitrogen and oxygen atoms in total. The Morgan fingerprint density at radius 2 is 1.52 bits per heavy atom. The van der Waals surface area contributed by atoms with E-state index in [0.29, 0.717) is 25.2 Å². The second-order valence-electron chi connectivity index (χ2n) is 19.2. The summed E-state index contributed by atoms with van der Waals surface area (Å²) in [7, 11) is 6.91. The Morgan fingerprint density at radius 3 is 2.11 bits per heavy atom. The molecular formula is C47H80N2O13. The number of oxime groups is 1. The quantitative estimate of drug-likeness (QED) is 0.119. The van der Waals surface area contributed by atoms with E-state index in [1.807, 2.05) is 64.9 Å². The average molecular weight is 881 g/mol. The van der Waals surface area contributed by atoms with Gasteiger partial charge in [0, 0.05) is 44.4 Å². The molecule has 0 amide bonds. The monoisotopic (exact) mass is 881 g/mol. The first kappa shape index (κ1) is 52.3. The van der Waals surface area contributed by atoms with Crippen molar-refractivity contribution in [1.82, 2.24) is 4.90 Å². The number of esters is 1.